The molecule has 1 saturated heterocycles. The third-order valence-electron chi connectivity index (χ3n) is 4.50. The van der Waals surface area contributed by atoms with Crippen LogP contribution in [-0.4, -0.2) is 43.9 Å². The highest BCUT2D eigenvalue weighted by Crippen LogP contribution is 2.28. The maximum atomic E-state index is 12.8. The number of carbonyl (C=O) groups excluding carboxylic acids is 1. The van der Waals surface area contributed by atoms with Crippen LogP contribution in [0.2, 0.25) is 0 Å². The Morgan fingerprint density at radius 1 is 1.11 bits per heavy atom. The van der Waals surface area contributed by atoms with Crippen LogP contribution in [0.25, 0.3) is 0 Å². The molecule has 144 valence electrons. The summed E-state index contributed by atoms with van der Waals surface area (Å²) in [6.45, 7) is 0.997. The van der Waals surface area contributed by atoms with Crippen LogP contribution in [0.1, 0.15) is 29.6 Å². The number of nitrogens with zero attached hydrogens (tertiary/aromatic N) is 1. The first-order chi connectivity index (χ1) is 12.9. The number of hydrogen-bond donors (Lipinski definition) is 2. The van der Waals surface area contributed by atoms with Crippen molar-refractivity contribution in [2.24, 2.45) is 0 Å². The van der Waals surface area contributed by atoms with Gasteiger partial charge >= 0.3 is 0 Å². The largest absolute Gasteiger partial charge is 0.506 e. The summed E-state index contributed by atoms with van der Waals surface area (Å²) in [7, 11) is -2.15. The van der Waals surface area contributed by atoms with Crippen molar-refractivity contribution in [3.05, 3.63) is 48.0 Å². The Hall–Kier alpha value is -2.58. The van der Waals surface area contributed by atoms with E-state index in [0.29, 0.717) is 18.8 Å². The lowest BCUT2D eigenvalue weighted by Gasteiger charge is -2.26. The zero-order valence-corrected chi connectivity index (χ0v) is 15.8. The van der Waals surface area contributed by atoms with Crippen LogP contribution in [-0.2, 0) is 10.0 Å². The van der Waals surface area contributed by atoms with Crippen molar-refractivity contribution in [2.75, 3.05) is 25.5 Å². The van der Waals surface area contributed by atoms with E-state index in [9.17, 15) is 18.3 Å². The number of hydrogen-bond acceptors (Lipinski definition) is 5. The van der Waals surface area contributed by atoms with Crippen LogP contribution < -0.4 is 10.1 Å². The predicted molar refractivity (Wildman–Crippen MR) is 102 cm³/mol. The Bertz CT molecular complexity index is 937. The molecular formula is C19H22N2O5S. The van der Waals surface area contributed by atoms with E-state index in [1.165, 1.54) is 41.7 Å². The third-order valence-corrected chi connectivity index (χ3v) is 6.40. The summed E-state index contributed by atoms with van der Waals surface area (Å²) in [6, 6.07) is 10.4. The van der Waals surface area contributed by atoms with Crippen LogP contribution in [0.15, 0.2) is 47.4 Å². The number of amides is 1. The van der Waals surface area contributed by atoms with E-state index in [4.69, 9.17) is 4.74 Å². The fraction of sp³-hybridized carbons (Fsp3) is 0.316. The molecule has 0 radical (unpaired) electrons. The molecule has 1 amide bonds. The Balaban J connectivity index is 1.81. The molecule has 0 unspecified atom stereocenters. The Labute approximate surface area is 158 Å². The van der Waals surface area contributed by atoms with Crippen molar-refractivity contribution >= 4 is 21.6 Å². The predicted octanol–water partition coefficient (Wildman–Crippen LogP) is 2.83. The van der Waals surface area contributed by atoms with Gasteiger partial charge in [-0.05, 0) is 43.2 Å². The zero-order valence-electron chi connectivity index (χ0n) is 15.0. The molecule has 0 spiro atoms. The topological polar surface area (TPSA) is 95.9 Å². The van der Waals surface area contributed by atoms with Gasteiger partial charge in [0.05, 0.1) is 17.7 Å². The molecule has 0 saturated carbocycles. The number of anilines is 1. The molecule has 0 atom stereocenters. The van der Waals surface area contributed by atoms with E-state index in [1.54, 1.807) is 12.1 Å². The monoisotopic (exact) mass is 390 g/mol. The van der Waals surface area contributed by atoms with Gasteiger partial charge in [-0.15, -0.1) is 0 Å². The number of methoxy groups -OCH3 is 1. The highest BCUT2D eigenvalue weighted by Gasteiger charge is 2.26. The van der Waals surface area contributed by atoms with Crippen molar-refractivity contribution < 1.29 is 23.1 Å². The number of aromatic hydroxyl groups is 1. The van der Waals surface area contributed by atoms with Gasteiger partial charge in [0.1, 0.15) is 11.5 Å². The molecule has 1 aliphatic rings. The summed E-state index contributed by atoms with van der Waals surface area (Å²) in [5.74, 6) is -0.189. The molecule has 1 heterocycles. The van der Waals surface area contributed by atoms with Gasteiger partial charge in [-0.1, -0.05) is 12.5 Å². The molecular weight excluding hydrogens is 368 g/mol. The van der Waals surface area contributed by atoms with Gasteiger partial charge in [-0.25, -0.2) is 8.42 Å². The Kier molecular flexibility index (Phi) is 5.67. The summed E-state index contributed by atoms with van der Waals surface area (Å²) in [6.07, 6.45) is 2.71. The third kappa shape index (κ3) is 4.23. The second-order valence-electron chi connectivity index (χ2n) is 6.33. The minimum absolute atomic E-state index is 0.0935. The van der Waals surface area contributed by atoms with Gasteiger partial charge in [-0.2, -0.15) is 4.31 Å². The average molecular weight is 390 g/mol. The molecule has 2 aromatic carbocycles. The fourth-order valence-corrected chi connectivity index (χ4v) is 4.55. The standard InChI is InChI=1S/C19H22N2O5S/c1-26-15-8-9-17(18(22)13-15)20-19(23)14-6-5-7-16(12-14)27(24,25)21-10-3-2-4-11-21/h5-9,12-13,22H,2-4,10-11H2,1H3,(H,20,23). The van der Waals surface area contributed by atoms with E-state index >= 15 is 0 Å². The minimum Gasteiger partial charge on any atom is -0.506 e. The lowest BCUT2D eigenvalue weighted by atomic mass is 10.2. The number of phenolic OH excluding ortho intramolecular Hbond substituents is 1. The van der Waals surface area contributed by atoms with E-state index in [1.807, 2.05) is 0 Å². The maximum Gasteiger partial charge on any atom is 0.255 e. The van der Waals surface area contributed by atoms with Crippen molar-refractivity contribution in [1.82, 2.24) is 4.31 Å². The second-order valence-corrected chi connectivity index (χ2v) is 8.27. The van der Waals surface area contributed by atoms with Crippen LogP contribution >= 0.6 is 0 Å². The summed E-state index contributed by atoms with van der Waals surface area (Å²) < 4.78 is 32.0. The number of benzene rings is 2. The normalized spacial score (nSPS) is 15.3. The van der Waals surface area contributed by atoms with Gasteiger partial charge in [0, 0.05) is 24.7 Å². The van der Waals surface area contributed by atoms with Crippen LogP contribution in [0.4, 0.5) is 5.69 Å². The van der Waals surface area contributed by atoms with Crippen molar-refractivity contribution in [2.45, 2.75) is 24.2 Å². The molecule has 8 heteroatoms. The maximum absolute atomic E-state index is 12.8. The Morgan fingerprint density at radius 3 is 2.52 bits per heavy atom. The van der Waals surface area contributed by atoms with E-state index in [-0.39, 0.29) is 21.9 Å². The van der Waals surface area contributed by atoms with E-state index in [2.05, 4.69) is 5.32 Å². The Morgan fingerprint density at radius 2 is 1.85 bits per heavy atom. The molecule has 2 N–H and O–H groups in total. The smallest absolute Gasteiger partial charge is 0.255 e. The van der Waals surface area contributed by atoms with Crippen LogP contribution in [0, 0.1) is 0 Å². The molecule has 1 aliphatic heterocycles. The molecule has 0 aliphatic carbocycles. The lowest BCUT2D eigenvalue weighted by molar-refractivity contribution is 0.102. The van der Waals surface area contributed by atoms with Crippen molar-refractivity contribution in [1.29, 1.82) is 0 Å². The lowest BCUT2D eigenvalue weighted by Crippen LogP contribution is -2.35. The quantitative estimate of drug-likeness (QED) is 0.766. The first-order valence-corrected chi connectivity index (χ1v) is 10.1. The minimum atomic E-state index is -3.62. The first kappa shape index (κ1) is 19.2. The zero-order chi connectivity index (χ0) is 19.4. The van der Waals surface area contributed by atoms with Gasteiger partial charge in [0.15, 0.2) is 0 Å². The second kappa shape index (κ2) is 7.98. The summed E-state index contributed by atoms with van der Waals surface area (Å²) in [5, 5.41) is 12.6. The van der Waals surface area contributed by atoms with Crippen molar-refractivity contribution in [3.63, 3.8) is 0 Å². The molecule has 2 aromatic rings. The van der Waals surface area contributed by atoms with Crippen LogP contribution in [0.5, 0.6) is 11.5 Å². The number of nitrogens with one attached hydrogen (secondary N) is 1. The number of piperidine rings is 1. The fourth-order valence-electron chi connectivity index (χ4n) is 2.99. The number of phenols is 1. The van der Waals surface area contributed by atoms with Crippen molar-refractivity contribution in [3.8, 4) is 11.5 Å². The molecule has 3 rings (SSSR count). The molecule has 0 bridgehead atoms. The summed E-state index contributed by atoms with van der Waals surface area (Å²) >= 11 is 0. The highest BCUT2D eigenvalue weighted by molar-refractivity contribution is 7.89. The average Bonchev–Trinajstić information content (AvgIpc) is 2.70. The molecule has 27 heavy (non-hydrogen) atoms. The summed E-state index contributed by atoms with van der Waals surface area (Å²) in [4.78, 5) is 12.6. The number of carbonyl (C=O) groups is 1. The number of rotatable bonds is 5. The van der Waals surface area contributed by atoms with Gasteiger partial charge in [0.2, 0.25) is 10.0 Å². The molecule has 7 nitrogen and oxygen atoms in total. The highest BCUT2D eigenvalue weighted by atomic mass is 32.2. The summed E-state index contributed by atoms with van der Waals surface area (Å²) in [5.41, 5.74) is 0.411. The number of ether oxygens (including phenoxy) is 1. The van der Waals surface area contributed by atoms with Gasteiger partial charge in [0.25, 0.3) is 5.91 Å². The first-order valence-electron chi connectivity index (χ1n) is 8.70. The molecule has 1 fully saturated rings. The molecule has 0 aromatic heterocycles. The van der Waals surface area contributed by atoms with E-state index in [0.717, 1.165) is 19.3 Å². The van der Waals surface area contributed by atoms with E-state index < -0.39 is 15.9 Å². The number of sulfonamides is 1. The van der Waals surface area contributed by atoms with Gasteiger partial charge in [-0.3, -0.25) is 4.79 Å². The van der Waals surface area contributed by atoms with Gasteiger partial charge < -0.3 is 15.2 Å². The SMILES string of the molecule is COc1ccc(NC(=O)c2cccc(S(=O)(=O)N3CCCCC3)c2)c(O)c1. The van der Waals surface area contributed by atoms with Crippen LogP contribution in [0.3, 0.4) is 0 Å².